The Morgan fingerprint density at radius 3 is 2.32 bits per heavy atom. The zero-order chi connectivity index (χ0) is 14.2. The Kier molecular flexibility index (Phi) is 3.36. The fourth-order valence-corrected chi connectivity index (χ4v) is 1.73. The van der Waals surface area contributed by atoms with Gasteiger partial charge in [-0.2, -0.15) is 13.2 Å². The number of halogens is 4. The second kappa shape index (κ2) is 4.70. The minimum Gasteiger partial charge on any atom is -0.469 e. The van der Waals surface area contributed by atoms with Crippen LogP contribution in [0.3, 0.4) is 0 Å². The predicted octanol–water partition coefficient (Wildman–Crippen LogP) is 3.83. The maximum atomic E-state index is 13.4. The summed E-state index contributed by atoms with van der Waals surface area (Å²) in [5.41, 5.74) is -0.963. The topological polar surface area (TPSA) is 33.4 Å². The van der Waals surface area contributed by atoms with E-state index in [9.17, 15) is 22.7 Å². The molecule has 1 aromatic heterocycles. The lowest BCUT2D eigenvalue weighted by molar-refractivity contribution is -0.140. The summed E-state index contributed by atoms with van der Waals surface area (Å²) in [7, 11) is 0. The minimum absolute atomic E-state index is 0.0336. The van der Waals surface area contributed by atoms with Crippen molar-refractivity contribution in [2.24, 2.45) is 0 Å². The van der Waals surface area contributed by atoms with E-state index in [2.05, 4.69) is 0 Å². The van der Waals surface area contributed by atoms with Gasteiger partial charge in [0.15, 0.2) is 0 Å². The molecule has 0 amide bonds. The smallest absolute Gasteiger partial charge is 0.419 e. The van der Waals surface area contributed by atoms with Gasteiger partial charge in [-0.3, -0.25) is 0 Å². The Bertz CT molecular complexity index is 587. The van der Waals surface area contributed by atoms with Crippen molar-refractivity contribution < 1.29 is 27.1 Å². The van der Waals surface area contributed by atoms with Gasteiger partial charge in [-0.15, -0.1) is 0 Å². The zero-order valence-electron chi connectivity index (χ0n) is 9.83. The molecular formula is C13H10F4O2. The molecule has 19 heavy (non-hydrogen) atoms. The third-order valence-corrected chi connectivity index (χ3v) is 2.68. The lowest BCUT2D eigenvalue weighted by atomic mass is 10.0. The highest BCUT2D eigenvalue weighted by Crippen LogP contribution is 2.33. The number of benzene rings is 1. The van der Waals surface area contributed by atoms with Crippen LogP contribution in [0, 0.1) is 12.7 Å². The molecule has 1 heterocycles. The standard InChI is InChI=1S/C13H10F4O2/c1-7-4-9(6-19-7)12(18)8-2-3-10(11(14)5-8)13(15,16)17/h2-6,12,18H,1H3. The predicted molar refractivity (Wildman–Crippen MR) is 58.9 cm³/mol. The van der Waals surface area contributed by atoms with Gasteiger partial charge in [0, 0.05) is 5.56 Å². The highest BCUT2D eigenvalue weighted by atomic mass is 19.4. The van der Waals surface area contributed by atoms with Gasteiger partial charge in [-0.1, -0.05) is 6.07 Å². The molecular weight excluding hydrogens is 264 g/mol. The van der Waals surface area contributed by atoms with E-state index in [1.165, 1.54) is 12.3 Å². The fourth-order valence-electron chi connectivity index (χ4n) is 1.73. The lowest BCUT2D eigenvalue weighted by Gasteiger charge is -2.12. The number of rotatable bonds is 2. The van der Waals surface area contributed by atoms with Crippen molar-refractivity contribution in [1.82, 2.24) is 0 Å². The first kappa shape index (κ1) is 13.6. The van der Waals surface area contributed by atoms with Crippen LogP contribution in [-0.2, 0) is 6.18 Å². The molecule has 1 N–H and O–H groups in total. The first-order chi connectivity index (χ1) is 8.79. The molecule has 1 aromatic carbocycles. The molecule has 102 valence electrons. The number of aliphatic hydroxyl groups excluding tert-OH is 1. The van der Waals surface area contributed by atoms with Gasteiger partial charge in [-0.05, 0) is 30.7 Å². The zero-order valence-corrected chi connectivity index (χ0v) is 9.83. The van der Waals surface area contributed by atoms with Crippen LogP contribution >= 0.6 is 0 Å². The summed E-state index contributed by atoms with van der Waals surface area (Å²) in [6, 6.07) is 3.86. The molecule has 6 heteroatoms. The van der Waals surface area contributed by atoms with Gasteiger partial charge in [-0.25, -0.2) is 4.39 Å². The molecule has 2 rings (SSSR count). The van der Waals surface area contributed by atoms with E-state index in [4.69, 9.17) is 4.42 Å². The number of furan rings is 1. The van der Waals surface area contributed by atoms with Crippen LogP contribution in [-0.4, -0.2) is 5.11 Å². The molecule has 0 saturated carbocycles. The van der Waals surface area contributed by atoms with Crippen molar-refractivity contribution in [3.8, 4) is 0 Å². The second-order valence-corrected chi connectivity index (χ2v) is 4.13. The molecule has 1 atom stereocenters. The summed E-state index contributed by atoms with van der Waals surface area (Å²) in [6.45, 7) is 1.66. The van der Waals surface area contributed by atoms with Crippen LogP contribution in [0.4, 0.5) is 17.6 Å². The number of aliphatic hydroxyl groups is 1. The van der Waals surface area contributed by atoms with Gasteiger partial charge < -0.3 is 9.52 Å². The molecule has 2 aromatic rings. The lowest BCUT2D eigenvalue weighted by Crippen LogP contribution is -2.09. The van der Waals surface area contributed by atoms with Crippen molar-refractivity contribution in [2.75, 3.05) is 0 Å². The molecule has 0 aliphatic rings. The summed E-state index contributed by atoms with van der Waals surface area (Å²) in [5.74, 6) is -0.870. The Morgan fingerprint density at radius 2 is 1.84 bits per heavy atom. The van der Waals surface area contributed by atoms with Crippen LogP contribution in [0.2, 0.25) is 0 Å². The van der Waals surface area contributed by atoms with E-state index in [1.807, 2.05) is 0 Å². The Labute approximate surface area is 106 Å². The Morgan fingerprint density at radius 1 is 1.16 bits per heavy atom. The normalized spacial score (nSPS) is 13.6. The van der Waals surface area contributed by atoms with Crippen LogP contribution < -0.4 is 0 Å². The average molecular weight is 274 g/mol. The molecule has 0 spiro atoms. The van der Waals surface area contributed by atoms with Crippen molar-refractivity contribution in [3.63, 3.8) is 0 Å². The van der Waals surface area contributed by atoms with Gasteiger partial charge in [0.1, 0.15) is 17.7 Å². The SMILES string of the molecule is Cc1cc(C(O)c2ccc(C(F)(F)F)c(F)c2)co1. The second-order valence-electron chi connectivity index (χ2n) is 4.13. The van der Waals surface area contributed by atoms with Crippen LogP contribution in [0.5, 0.6) is 0 Å². The number of aryl methyl sites for hydroxylation is 1. The summed E-state index contributed by atoms with van der Waals surface area (Å²) >= 11 is 0. The minimum atomic E-state index is -4.75. The van der Waals surface area contributed by atoms with E-state index in [0.29, 0.717) is 23.5 Å². The summed E-state index contributed by atoms with van der Waals surface area (Å²) in [4.78, 5) is 0. The van der Waals surface area contributed by atoms with E-state index >= 15 is 0 Å². The highest BCUT2D eigenvalue weighted by Gasteiger charge is 2.34. The number of hydrogen-bond acceptors (Lipinski definition) is 2. The van der Waals surface area contributed by atoms with E-state index in [0.717, 1.165) is 6.07 Å². The van der Waals surface area contributed by atoms with Crippen molar-refractivity contribution in [2.45, 2.75) is 19.2 Å². The molecule has 0 radical (unpaired) electrons. The first-order valence-electron chi connectivity index (χ1n) is 5.39. The molecule has 0 saturated heterocycles. The Hall–Kier alpha value is -1.82. The van der Waals surface area contributed by atoms with E-state index in [-0.39, 0.29) is 5.56 Å². The van der Waals surface area contributed by atoms with Gasteiger partial charge >= 0.3 is 6.18 Å². The highest BCUT2D eigenvalue weighted by molar-refractivity contribution is 5.33. The third kappa shape index (κ3) is 2.78. The van der Waals surface area contributed by atoms with Crippen LogP contribution in [0.15, 0.2) is 34.9 Å². The van der Waals surface area contributed by atoms with Crippen LogP contribution in [0.25, 0.3) is 0 Å². The van der Waals surface area contributed by atoms with E-state index in [1.54, 1.807) is 6.92 Å². The van der Waals surface area contributed by atoms with Gasteiger partial charge in [0.05, 0.1) is 11.8 Å². The number of alkyl halides is 3. The van der Waals surface area contributed by atoms with Crippen molar-refractivity contribution >= 4 is 0 Å². The molecule has 0 aliphatic heterocycles. The average Bonchev–Trinajstić information content (AvgIpc) is 2.73. The molecule has 0 bridgehead atoms. The molecule has 2 nitrogen and oxygen atoms in total. The fraction of sp³-hybridized carbons (Fsp3) is 0.231. The quantitative estimate of drug-likeness (QED) is 0.844. The first-order valence-corrected chi connectivity index (χ1v) is 5.39. The summed E-state index contributed by atoms with van der Waals surface area (Å²) < 4.78 is 55.5. The maximum absolute atomic E-state index is 13.4. The molecule has 0 aliphatic carbocycles. The molecule has 0 fully saturated rings. The van der Waals surface area contributed by atoms with Crippen molar-refractivity contribution in [3.05, 3.63) is 58.8 Å². The summed E-state index contributed by atoms with van der Waals surface area (Å²) in [6.07, 6.45) is -4.70. The van der Waals surface area contributed by atoms with Gasteiger partial charge in [0.25, 0.3) is 0 Å². The summed E-state index contributed by atoms with van der Waals surface area (Å²) in [5, 5.41) is 9.92. The third-order valence-electron chi connectivity index (χ3n) is 2.68. The maximum Gasteiger partial charge on any atom is 0.419 e. The monoisotopic (exact) mass is 274 g/mol. The van der Waals surface area contributed by atoms with Crippen molar-refractivity contribution in [1.29, 1.82) is 0 Å². The largest absolute Gasteiger partial charge is 0.469 e. The van der Waals surface area contributed by atoms with Crippen LogP contribution in [0.1, 0.15) is 28.6 Å². The molecule has 1 unspecified atom stereocenters. The Balaban J connectivity index is 2.35. The number of hydrogen-bond donors (Lipinski definition) is 1. The van der Waals surface area contributed by atoms with E-state index < -0.39 is 23.7 Å². The van der Waals surface area contributed by atoms with Gasteiger partial charge in [0.2, 0.25) is 0 Å².